The average molecular weight is 359 g/mol. The number of benzene rings is 1. The van der Waals surface area contributed by atoms with Gasteiger partial charge in [-0.3, -0.25) is 14.5 Å². The number of piperidine rings is 1. The zero-order chi connectivity index (χ0) is 18.5. The minimum Gasteiger partial charge on any atom is -0.390 e. The van der Waals surface area contributed by atoms with Crippen LogP contribution < -0.4 is 0 Å². The van der Waals surface area contributed by atoms with Gasteiger partial charge >= 0.3 is 0 Å². The monoisotopic (exact) mass is 359 g/mol. The number of hydrogen-bond donors (Lipinski definition) is 1. The number of carbonyl (C=O) groups is 2. The van der Waals surface area contributed by atoms with Gasteiger partial charge in [0.25, 0.3) is 0 Å². The largest absolute Gasteiger partial charge is 0.390 e. The molecule has 2 aliphatic heterocycles. The Balaban J connectivity index is 1.54. The minimum atomic E-state index is -0.525. The fraction of sp³-hybridized carbons (Fsp3) is 0.600. The maximum Gasteiger partial charge on any atom is 0.225 e. The predicted octanol–water partition coefficient (Wildman–Crippen LogP) is 0.950. The lowest BCUT2D eigenvalue weighted by molar-refractivity contribution is -0.140. The molecule has 0 unspecified atom stereocenters. The third-order valence-electron chi connectivity index (χ3n) is 5.44. The van der Waals surface area contributed by atoms with Crippen LogP contribution in [-0.4, -0.2) is 77.0 Å². The summed E-state index contributed by atoms with van der Waals surface area (Å²) < 4.78 is 0. The first kappa shape index (κ1) is 18.9. The maximum atomic E-state index is 12.9. The van der Waals surface area contributed by atoms with Crippen LogP contribution in [-0.2, 0) is 16.1 Å². The molecule has 2 saturated heterocycles. The van der Waals surface area contributed by atoms with E-state index in [1.165, 1.54) is 5.56 Å². The summed E-state index contributed by atoms with van der Waals surface area (Å²) in [5, 5.41) is 10.4. The molecule has 2 fully saturated rings. The van der Waals surface area contributed by atoms with Crippen LogP contribution in [0.1, 0.15) is 25.3 Å². The summed E-state index contributed by atoms with van der Waals surface area (Å²) in [7, 11) is 0. The highest BCUT2D eigenvalue weighted by molar-refractivity contribution is 5.80. The summed E-state index contributed by atoms with van der Waals surface area (Å²) in [5.74, 6) is 0.185. The van der Waals surface area contributed by atoms with Crippen LogP contribution in [0, 0.1) is 5.92 Å². The van der Waals surface area contributed by atoms with E-state index in [0.717, 1.165) is 25.9 Å². The molecular weight excluding hydrogens is 330 g/mol. The highest BCUT2D eigenvalue weighted by atomic mass is 16.3. The Bertz CT molecular complexity index is 614. The molecule has 0 radical (unpaired) electrons. The van der Waals surface area contributed by atoms with E-state index in [1.54, 1.807) is 6.92 Å². The van der Waals surface area contributed by atoms with Gasteiger partial charge in [-0.05, 0) is 18.4 Å². The predicted molar refractivity (Wildman–Crippen MR) is 99.3 cm³/mol. The van der Waals surface area contributed by atoms with Crippen LogP contribution in [0.25, 0.3) is 0 Å². The van der Waals surface area contributed by atoms with Gasteiger partial charge in [0, 0.05) is 58.7 Å². The first-order valence-corrected chi connectivity index (χ1v) is 9.51. The number of aliphatic hydroxyl groups excluding tert-OH is 1. The Labute approximate surface area is 155 Å². The first-order chi connectivity index (χ1) is 12.5. The van der Waals surface area contributed by atoms with Gasteiger partial charge < -0.3 is 14.9 Å². The molecule has 1 aromatic carbocycles. The van der Waals surface area contributed by atoms with Gasteiger partial charge in [-0.25, -0.2) is 0 Å². The minimum absolute atomic E-state index is 0.0292. The van der Waals surface area contributed by atoms with Gasteiger partial charge in [-0.2, -0.15) is 0 Å². The molecule has 0 aliphatic carbocycles. The smallest absolute Gasteiger partial charge is 0.225 e. The van der Waals surface area contributed by atoms with Crippen molar-refractivity contribution < 1.29 is 14.7 Å². The quantitative estimate of drug-likeness (QED) is 0.873. The number of carbonyl (C=O) groups excluding carboxylic acids is 2. The zero-order valence-electron chi connectivity index (χ0n) is 15.5. The third-order valence-corrected chi connectivity index (χ3v) is 5.44. The molecule has 1 atom stereocenters. The molecular formula is C20H29N3O3. The zero-order valence-corrected chi connectivity index (χ0v) is 15.5. The number of aliphatic hydroxyl groups is 1. The molecule has 0 aromatic heterocycles. The summed E-state index contributed by atoms with van der Waals surface area (Å²) in [4.78, 5) is 30.2. The van der Waals surface area contributed by atoms with Crippen molar-refractivity contribution in [1.82, 2.24) is 14.7 Å². The molecule has 2 aliphatic rings. The molecule has 142 valence electrons. The molecule has 26 heavy (non-hydrogen) atoms. The lowest BCUT2D eigenvalue weighted by atomic mass is 9.95. The van der Waals surface area contributed by atoms with E-state index in [-0.39, 0.29) is 17.7 Å². The molecule has 2 amide bonds. The van der Waals surface area contributed by atoms with Crippen LogP contribution in [0.4, 0.5) is 0 Å². The van der Waals surface area contributed by atoms with Crippen LogP contribution in [0.5, 0.6) is 0 Å². The van der Waals surface area contributed by atoms with Gasteiger partial charge in [0.1, 0.15) is 0 Å². The SMILES string of the molecule is CC(=O)N1CCC(C(=O)N2CCN(Cc3ccccc3)C[C@@H](O)C2)CC1. The second-order valence-corrected chi connectivity index (χ2v) is 7.44. The van der Waals surface area contributed by atoms with E-state index in [4.69, 9.17) is 0 Å². The third kappa shape index (κ3) is 4.83. The Morgan fingerprint density at radius 1 is 1.00 bits per heavy atom. The van der Waals surface area contributed by atoms with Gasteiger partial charge in [-0.15, -0.1) is 0 Å². The summed E-state index contributed by atoms with van der Waals surface area (Å²) in [6.45, 7) is 6.08. The van der Waals surface area contributed by atoms with E-state index in [0.29, 0.717) is 32.7 Å². The number of β-amino-alcohol motifs (C(OH)–C–C–N with tert-alkyl or cyclic N) is 1. The molecule has 6 nitrogen and oxygen atoms in total. The van der Waals surface area contributed by atoms with Gasteiger partial charge in [0.05, 0.1) is 6.10 Å². The Kier molecular flexibility index (Phi) is 6.27. The first-order valence-electron chi connectivity index (χ1n) is 9.51. The summed E-state index contributed by atoms with van der Waals surface area (Å²) in [6.07, 6.45) is 0.916. The summed E-state index contributed by atoms with van der Waals surface area (Å²) in [6, 6.07) is 10.2. The molecule has 0 spiro atoms. The molecule has 0 bridgehead atoms. The molecule has 1 N–H and O–H groups in total. The van der Waals surface area contributed by atoms with E-state index in [1.807, 2.05) is 28.0 Å². The van der Waals surface area contributed by atoms with Crippen molar-refractivity contribution in [3.05, 3.63) is 35.9 Å². The van der Waals surface area contributed by atoms with Crippen LogP contribution >= 0.6 is 0 Å². The van der Waals surface area contributed by atoms with Crippen LogP contribution in [0.15, 0.2) is 30.3 Å². The molecule has 3 rings (SSSR count). The van der Waals surface area contributed by atoms with Crippen molar-refractivity contribution in [3.63, 3.8) is 0 Å². The second kappa shape index (κ2) is 8.64. The Hall–Kier alpha value is -1.92. The molecule has 2 heterocycles. The lowest BCUT2D eigenvalue weighted by Gasteiger charge is -2.33. The molecule has 6 heteroatoms. The number of rotatable bonds is 3. The van der Waals surface area contributed by atoms with E-state index >= 15 is 0 Å². The van der Waals surface area contributed by atoms with Crippen molar-refractivity contribution in [2.45, 2.75) is 32.4 Å². The van der Waals surface area contributed by atoms with Gasteiger partial charge in [0.15, 0.2) is 0 Å². The number of hydrogen-bond acceptors (Lipinski definition) is 4. The van der Waals surface area contributed by atoms with Crippen molar-refractivity contribution in [1.29, 1.82) is 0 Å². The van der Waals surface area contributed by atoms with Crippen molar-refractivity contribution >= 4 is 11.8 Å². The van der Waals surface area contributed by atoms with Crippen molar-refractivity contribution in [2.75, 3.05) is 39.3 Å². The van der Waals surface area contributed by atoms with Gasteiger partial charge in [0.2, 0.25) is 11.8 Å². The standard InChI is InChI=1S/C20H29N3O3/c1-16(24)22-9-7-18(8-10-22)20(26)23-12-11-21(14-19(25)15-23)13-17-5-3-2-4-6-17/h2-6,18-19,25H,7-15H2,1H3/t19-/m1/s1. The highest BCUT2D eigenvalue weighted by Gasteiger charge is 2.32. The van der Waals surface area contributed by atoms with Crippen molar-refractivity contribution in [2.24, 2.45) is 5.92 Å². The Morgan fingerprint density at radius 2 is 1.69 bits per heavy atom. The second-order valence-electron chi connectivity index (χ2n) is 7.44. The fourth-order valence-corrected chi connectivity index (χ4v) is 3.94. The molecule has 0 saturated carbocycles. The summed E-state index contributed by atoms with van der Waals surface area (Å²) in [5.41, 5.74) is 1.22. The molecule has 1 aromatic rings. The van der Waals surface area contributed by atoms with Crippen LogP contribution in [0.2, 0.25) is 0 Å². The van der Waals surface area contributed by atoms with Crippen LogP contribution in [0.3, 0.4) is 0 Å². The number of nitrogens with zero attached hydrogens (tertiary/aromatic N) is 3. The number of amides is 2. The maximum absolute atomic E-state index is 12.9. The lowest BCUT2D eigenvalue weighted by Crippen LogP contribution is -2.46. The average Bonchev–Trinajstić information content (AvgIpc) is 2.83. The fourth-order valence-electron chi connectivity index (χ4n) is 3.94. The van der Waals surface area contributed by atoms with Crippen molar-refractivity contribution in [3.8, 4) is 0 Å². The topological polar surface area (TPSA) is 64.1 Å². The summed E-state index contributed by atoms with van der Waals surface area (Å²) >= 11 is 0. The number of likely N-dealkylation sites (tertiary alicyclic amines) is 1. The van der Waals surface area contributed by atoms with E-state index < -0.39 is 6.10 Å². The Morgan fingerprint density at radius 3 is 2.35 bits per heavy atom. The van der Waals surface area contributed by atoms with E-state index in [2.05, 4.69) is 17.0 Å². The highest BCUT2D eigenvalue weighted by Crippen LogP contribution is 2.21. The normalized spacial score (nSPS) is 22.9. The van der Waals surface area contributed by atoms with E-state index in [9.17, 15) is 14.7 Å². The van der Waals surface area contributed by atoms with Gasteiger partial charge in [-0.1, -0.05) is 30.3 Å².